The minimum Gasteiger partial charge on any atom is -0.508 e. The number of benzene rings is 4. The fraction of sp³-hybridized carbons (Fsp3) is 0.636. The Bertz CT molecular complexity index is 5020. The van der Waals surface area contributed by atoms with Crippen LogP contribution in [0, 0.1) is 46.0 Å². The molecule has 36 heteroatoms. The van der Waals surface area contributed by atoms with Gasteiger partial charge < -0.3 is 110 Å². The van der Waals surface area contributed by atoms with E-state index in [4.69, 9.17) is 48.2 Å². The van der Waals surface area contributed by atoms with Gasteiger partial charge in [-0.15, -0.1) is 0 Å². The highest BCUT2D eigenvalue weighted by Crippen LogP contribution is 2.60. The standard InChI is InChI=1S/C107H156N14O22/c1-73(2)96(101(132)113-74(3)98(129)116-86(71-122)100(131)114-80-35-31-76-33-37-89-104(4,82(76)68-80)43-20-45-106(89,6)102(133)118-103(134)107(7)46-21-44-105(5)83-69-81(123)36-32-77(83)34-38-90(105)107)117-99(130)85(115-93(126)42-53-136-57-61-140-65-67-142-63-59-138-55-50-112-91(124)39-40-95(128)120-70-79-24-15-14-22-75(79)29-30-78-23-16-17-27-87(78)120)26-18-19-47-110-94(127)72-143-88-28-13-11-12-25-84(97(88)119-108)109-49-54-137-58-62-141-66-64-139-60-56-135-52-41-92(125)111-48-51-121(8,9)10/h14-17,22-24,27,31-32,35-36,68-69,73-74,85-86,88-90,96,122H,11-13,18-21,25-26,28,33-34,37-67,70-72H2,1-10H3,(H11-,108,109,110,111,112,113,114,115,116,117,118,123,124,125,126,127,129,130,131,132,133,134)/p+1/t74-,85+,86-,88?,89+,90+,96-,104+,105+,106-,107-/m0/s1. The van der Waals surface area contributed by atoms with Gasteiger partial charge in [0.2, 0.25) is 65.0 Å². The summed E-state index contributed by atoms with van der Waals surface area (Å²) >= 11 is 0. The molecule has 786 valence electrons. The molecule has 5 aliphatic carbocycles. The number of fused-ring (bicyclic) bond motifs is 8. The van der Waals surface area contributed by atoms with Gasteiger partial charge in [0.1, 0.15) is 48.3 Å². The number of likely N-dealkylation sites (N-methyl/N-ethyl adjacent to an activating group) is 1. The number of nitrogens with zero attached hydrogens (tertiary/aromatic N) is 3. The number of aliphatic hydroxyl groups excluding tert-OH is 1. The van der Waals surface area contributed by atoms with E-state index < -0.39 is 94.5 Å². The number of aryl methyl sites for hydroxylation is 2. The van der Waals surface area contributed by atoms with Gasteiger partial charge in [-0.05, 0) is 196 Å². The Hall–Kier alpha value is -10.7. The summed E-state index contributed by atoms with van der Waals surface area (Å²) in [5.74, 6) is 0.811. The summed E-state index contributed by atoms with van der Waals surface area (Å²) in [7, 11) is 6.21. The molecule has 0 saturated heterocycles. The zero-order chi connectivity index (χ0) is 103. The molecular weight excluding hydrogens is 1830 g/mol. The summed E-state index contributed by atoms with van der Waals surface area (Å²) < 4.78 is 52.2. The van der Waals surface area contributed by atoms with Crippen molar-refractivity contribution in [2.75, 3.05) is 183 Å². The molecule has 4 aromatic carbocycles. The Morgan fingerprint density at radius 2 is 1.05 bits per heavy atom. The smallest absolute Gasteiger partial charge is 0.249 e. The zero-order valence-corrected chi connectivity index (χ0v) is 85.6. The summed E-state index contributed by atoms with van der Waals surface area (Å²) in [6.07, 6.45) is 11.3. The molecule has 11 amide bonds. The molecule has 2 fully saturated rings. The maximum Gasteiger partial charge on any atom is 0.249 e. The van der Waals surface area contributed by atoms with Crippen LogP contribution < -0.4 is 58.1 Å². The number of imide groups is 1. The molecule has 2 saturated carbocycles. The first-order valence-electron chi connectivity index (χ1n) is 51.3. The number of carbonyl (C=O) groups excluding carboxylic acids is 11. The average Bonchev–Trinajstić information content (AvgIpc) is 0.720. The third-order valence-electron chi connectivity index (χ3n) is 28.7. The Kier molecular flexibility index (Phi) is 45.8. The molecule has 11 atom stereocenters. The minimum absolute atomic E-state index is 0.00643. The first kappa shape index (κ1) is 114. The van der Waals surface area contributed by atoms with Crippen LogP contribution >= 0.6 is 0 Å². The van der Waals surface area contributed by atoms with Crippen LogP contribution in [-0.4, -0.2) is 283 Å². The van der Waals surface area contributed by atoms with Gasteiger partial charge in [0.15, 0.2) is 0 Å². The number of ether oxygens (including phenoxy) is 9. The number of para-hydroxylation sites is 1. The third-order valence-corrected chi connectivity index (χ3v) is 28.7. The number of aliphatic hydroxyl groups is 1. The van der Waals surface area contributed by atoms with Crippen molar-refractivity contribution in [3.8, 4) is 17.6 Å². The summed E-state index contributed by atoms with van der Waals surface area (Å²) in [5.41, 5.74) is 14.6. The number of quaternary nitrogens is 1. The van der Waals surface area contributed by atoms with Crippen molar-refractivity contribution >= 4 is 76.4 Å². The van der Waals surface area contributed by atoms with Crippen LogP contribution in [0.2, 0.25) is 0 Å². The van der Waals surface area contributed by atoms with Crippen LogP contribution in [0.15, 0.2) is 101 Å². The largest absolute Gasteiger partial charge is 0.508 e. The number of phenolic OH excluding ortho intramolecular Hbond substituents is 1. The van der Waals surface area contributed by atoms with Gasteiger partial charge in [-0.25, -0.2) is 5.53 Å². The molecule has 0 radical (unpaired) electrons. The fourth-order valence-electron chi connectivity index (χ4n) is 20.7. The predicted molar refractivity (Wildman–Crippen MR) is 538 cm³/mol. The van der Waals surface area contributed by atoms with E-state index in [9.17, 15) is 63.0 Å². The first-order chi connectivity index (χ1) is 68.7. The Balaban J connectivity index is 0.654. The Labute approximate surface area is 842 Å². The molecular formula is C107H157N14O22+. The lowest BCUT2D eigenvalue weighted by atomic mass is 9.49. The van der Waals surface area contributed by atoms with Crippen LogP contribution in [0.5, 0.6) is 5.75 Å². The van der Waals surface area contributed by atoms with Crippen LogP contribution in [-0.2, 0) is 126 Å². The number of rotatable bonds is 59. The van der Waals surface area contributed by atoms with Crippen LogP contribution in [0.25, 0.3) is 0 Å². The summed E-state index contributed by atoms with van der Waals surface area (Å²) in [4.78, 5) is 154. The number of anilines is 2. The number of carbonyl (C=O) groups is 11. The lowest BCUT2D eigenvalue weighted by Gasteiger charge is -2.56. The van der Waals surface area contributed by atoms with Gasteiger partial charge in [-0.2, -0.15) is 5.11 Å². The van der Waals surface area contributed by atoms with Crippen LogP contribution in [0.4, 0.5) is 11.4 Å². The van der Waals surface area contributed by atoms with Crippen molar-refractivity contribution in [1.82, 2.24) is 47.9 Å². The second-order valence-corrected chi connectivity index (χ2v) is 40.5. The van der Waals surface area contributed by atoms with Crippen LogP contribution in [0.3, 0.4) is 0 Å². The molecule has 0 bridgehead atoms. The van der Waals surface area contributed by atoms with Gasteiger partial charge in [0, 0.05) is 67.8 Å². The molecule has 13 N–H and O–H groups in total. The Morgan fingerprint density at radius 3 is 1.66 bits per heavy atom. The second kappa shape index (κ2) is 57.3. The van der Waals surface area contributed by atoms with Crippen molar-refractivity contribution in [3.63, 3.8) is 0 Å². The highest BCUT2D eigenvalue weighted by atomic mass is 16.6. The van der Waals surface area contributed by atoms with Gasteiger partial charge in [0.25, 0.3) is 0 Å². The SMILES string of the molecule is CC(C)[C@H](NC(=O)[C@@H](CCCCNC(=O)COC1CCCCC/C(NCCOCCOCCOCCOCCC(=O)NCC[N+](C)(C)C)=C\1N=N)NC(=O)CCOCCOCCOCCOCCNC(=O)CCC(=O)N1Cc2ccccc2C#Cc2ccccc21)C(=O)N[C@@H](C)C(=O)N[C@@H](CO)C(=O)Nc1ccc2c(c1)[C@@]1(C)CCC[C@](C)(C(=O)NC(=O)[C@@]3(C)CCC[C@]4(C)c5cc(O)ccc5CC[C@@H]34)[C@@H]1CC2. The van der Waals surface area contributed by atoms with E-state index in [0.29, 0.717) is 154 Å². The van der Waals surface area contributed by atoms with Crippen molar-refractivity contribution in [3.05, 3.63) is 135 Å². The molecule has 6 aliphatic rings. The number of amides is 11. The summed E-state index contributed by atoms with van der Waals surface area (Å²) in [6, 6.07) is 21.1. The monoisotopic (exact) mass is 1990 g/mol. The minimum atomic E-state index is -1.48. The van der Waals surface area contributed by atoms with E-state index in [1.165, 1.54) is 12.5 Å². The van der Waals surface area contributed by atoms with E-state index in [1.807, 2.05) is 86.6 Å². The highest BCUT2D eigenvalue weighted by Gasteiger charge is 2.59. The first-order valence-corrected chi connectivity index (χ1v) is 51.3. The zero-order valence-electron chi connectivity index (χ0n) is 85.6. The quantitative estimate of drug-likeness (QED) is 0.00649. The predicted octanol–water partition coefficient (Wildman–Crippen LogP) is 8.35. The molecule has 36 nitrogen and oxygen atoms in total. The number of unbranched alkanes of at least 4 members (excludes halogenated alkanes) is 1. The number of hydrogen-bond acceptors (Lipinski definition) is 25. The topological polar surface area (TPSA) is 471 Å². The van der Waals surface area contributed by atoms with Gasteiger partial charge in [0.05, 0.1) is 170 Å². The fourth-order valence-corrected chi connectivity index (χ4v) is 20.7. The molecule has 0 spiro atoms. The number of hydrogen-bond donors (Lipinski definition) is 13. The van der Waals surface area contributed by atoms with E-state index >= 15 is 0 Å². The summed E-state index contributed by atoms with van der Waals surface area (Å²) in [6.45, 7) is 19.1. The highest BCUT2D eigenvalue weighted by molar-refractivity contribution is 6.02. The Morgan fingerprint density at radius 1 is 0.503 bits per heavy atom. The lowest BCUT2D eigenvalue weighted by Crippen LogP contribution is -2.60. The van der Waals surface area contributed by atoms with E-state index in [0.717, 1.165) is 101 Å². The summed E-state index contributed by atoms with van der Waals surface area (Å²) in [5, 5.41) is 53.8. The molecule has 4 aromatic rings. The number of nitrogens with one attached hydrogen (secondary N) is 11. The number of phenols is 1. The molecule has 143 heavy (non-hydrogen) atoms. The van der Waals surface area contributed by atoms with Gasteiger partial charge in [-0.1, -0.05) is 122 Å². The molecule has 1 heterocycles. The van der Waals surface area contributed by atoms with Crippen molar-refractivity contribution in [2.45, 2.75) is 237 Å². The van der Waals surface area contributed by atoms with Gasteiger partial charge in [-0.3, -0.25) is 58.1 Å². The van der Waals surface area contributed by atoms with Crippen LogP contribution in [0.1, 0.15) is 216 Å². The second-order valence-electron chi connectivity index (χ2n) is 40.5. The lowest BCUT2D eigenvalue weighted by molar-refractivity contribution is -0.869. The number of allylic oxidation sites excluding steroid dienone is 1. The maximum absolute atomic E-state index is 15.0. The molecule has 1 unspecified atom stereocenters. The van der Waals surface area contributed by atoms with Crippen molar-refractivity contribution in [1.29, 1.82) is 5.53 Å². The number of aromatic hydroxyl groups is 1. The molecule has 1 aliphatic heterocycles. The van der Waals surface area contributed by atoms with Gasteiger partial charge >= 0.3 is 0 Å². The van der Waals surface area contributed by atoms with Crippen molar-refractivity contribution < 1.29 is 110 Å². The average molecular weight is 1990 g/mol. The normalized spacial score (nSPS) is 21.5. The molecule has 0 aromatic heterocycles. The van der Waals surface area contributed by atoms with E-state index in [1.54, 1.807) is 30.9 Å². The van der Waals surface area contributed by atoms with E-state index in [2.05, 4.69) is 105 Å². The third kappa shape index (κ3) is 34.2. The maximum atomic E-state index is 15.0. The molecule has 10 rings (SSSR count). The van der Waals surface area contributed by atoms with E-state index in [-0.39, 0.29) is 151 Å². The van der Waals surface area contributed by atoms with Crippen molar-refractivity contribution in [2.24, 2.45) is 33.7 Å².